The van der Waals surface area contributed by atoms with Crippen molar-refractivity contribution in [3.63, 3.8) is 0 Å². The summed E-state index contributed by atoms with van der Waals surface area (Å²) >= 11 is 6.16. The summed E-state index contributed by atoms with van der Waals surface area (Å²) in [5.41, 5.74) is 0.323. The Labute approximate surface area is 129 Å². The molecule has 1 saturated carbocycles. The van der Waals surface area contributed by atoms with Gasteiger partial charge in [-0.3, -0.25) is 4.79 Å². The third-order valence-corrected chi connectivity index (χ3v) is 4.17. The first kappa shape index (κ1) is 16.3. The van der Waals surface area contributed by atoms with E-state index in [4.69, 9.17) is 11.6 Å². The Morgan fingerprint density at radius 1 is 1.43 bits per heavy atom. The van der Waals surface area contributed by atoms with E-state index in [2.05, 4.69) is 10.4 Å². The van der Waals surface area contributed by atoms with Crippen molar-refractivity contribution >= 4 is 17.3 Å². The zero-order chi connectivity index (χ0) is 15.4. The maximum atomic E-state index is 12.2. The third-order valence-electron chi connectivity index (χ3n) is 3.80. The Hall–Kier alpha value is -1.11. The predicted molar refractivity (Wildman–Crippen MR) is 83.9 cm³/mol. The molecular formula is C14H23ClN4O2. The maximum absolute atomic E-state index is 12.2. The highest BCUT2D eigenvalue weighted by atomic mass is 35.5. The molecule has 21 heavy (non-hydrogen) atoms. The largest absolute Gasteiger partial charge is 0.393 e. The molecule has 6 nitrogen and oxygen atoms in total. The van der Waals surface area contributed by atoms with Crippen LogP contribution < -0.4 is 10.9 Å². The van der Waals surface area contributed by atoms with Crippen LogP contribution in [0.5, 0.6) is 0 Å². The van der Waals surface area contributed by atoms with Crippen molar-refractivity contribution in [2.75, 3.05) is 26.0 Å². The zero-order valence-corrected chi connectivity index (χ0v) is 13.3. The molecule has 7 heteroatoms. The minimum absolute atomic E-state index is 0.190. The summed E-state index contributed by atoms with van der Waals surface area (Å²) < 4.78 is 1.39. The van der Waals surface area contributed by atoms with Crippen LogP contribution in [-0.2, 0) is 6.54 Å². The average Bonchev–Trinajstić information content (AvgIpc) is 2.45. The zero-order valence-electron chi connectivity index (χ0n) is 12.5. The molecule has 0 amide bonds. The van der Waals surface area contributed by atoms with Crippen molar-refractivity contribution in [1.29, 1.82) is 0 Å². The van der Waals surface area contributed by atoms with Gasteiger partial charge in [-0.1, -0.05) is 11.6 Å². The number of halogens is 1. The molecule has 0 aliphatic heterocycles. The first-order valence-corrected chi connectivity index (χ1v) is 7.70. The van der Waals surface area contributed by atoms with E-state index in [-0.39, 0.29) is 22.7 Å². The van der Waals surface area contributed by atoms with Crippen molar-refractivity contribution in [3.05, 3.63) is 21.6 Å². The summed E-state index contributed by atoms with van der Waals surface area (Å²) in [5, 5.41) is 17.1. The van der Waals surface area contributed by atoms with Gasteiger partial charge in [-0.25, -0.2) is 4.68 Å². The number of aliphatic hydroxyl groups excluding tert-OH is 1. The third kappa shape index (κ3) is 4.43. The fourth-order valence-corrected chi connectivity index (χ4v) is 2.66. The molecule has 0 spiro atoms. The Bertz CT molecular complexity index is 524. The highest BCUT2D eigenvalue weighted by molar-refractivity contribution is 6.32. The van der Waals surface area contributed by atoms with Gasteiger partial charge in [-0.05, 0) is 39.8 Å². The molecule has 0 atom stereocenters. The number of nitrogens with zero attached hydrogens (tertiary/aromatic N) is 3. The number of hydrogen-bond acceptors (Lipinski definition) is 5. The number of likely N-dealkylation sites (N-methyl/N-ethyl adjacent to an activating group) is 1. The van der Waals surface area contributed by atoms with Gasteiger partial charge in [0.1, 0.15) is 5.02 Å². The summed E-state index contributed by atoms with van der Waals surface area (Å²) in [5.74, 6) is 0. The van der Waals surface area contributed by atoms with Gasteiger partial charge < -0.3 is 15.3 Å². The maximum Gasteiger partial charge on any atom is 0.287 e. The number of nitrogens with one attached hydrogen (secondary N) is 1. The molecule has 0 unspecified atom stereocenters. The topological polar surface area (TPSA) is 70.4 Å². The lowest BCUT2D eigenvalue weighted by Gasteiger charge is -2.27. The summed E-state index contributed by atoms with van der Waals surface area (Å²) in [7, 11) is 3.89. The van der Waals surface area contributed by atoms with Crippen LogP contribution in [0.4, 0.5) is 5.69 Å². The van der Waals surface area contributed by atoms with E-state index >= 15 is 0 Å². The van der Waals surface area contributed by atoms with Crippen molar-refractivity contribution < 1.29 is 5.11 Å². The van der Waals surface area contributed by atoms with E-state index in [9.17, 15) is 9.90 Å². The Kier molecular flexibility index (Phi) is 5.61. The first-order valence-electron chi connectivity index (χ1n) is 7.32. The van der Waals surface area contributed by atoms with Gasteiger partial charge in [-0.15, -0.1) is 0 Å². The minimum Gasteiger partial charge on any atom is -0.393 e. The van der Waals surface area contributed by atoms with Gasteiger partial charge in [0.2, 0.25) is 0 Å². The standard InChI is InChI=1S/C14H23ClN4O2/c1-18(2)7-8-19-14(21)13(15)12(9-16-19)17-10-3-5-11(20)6-4-10/h9-11,17,20H,3-8H2,1-2H3. The molecule has 1 heterocycles. The van der Waals surface area contributed by atoms with E-state index in [1.165, 1.54) is 4.68 Å². The van der Waals surface area contributed by atoms with Gasteiger partial charge in [0.25, 0.3) is 5.56 Å². The monoisotopic (exact) mass is 314 g/mol. The lowest BCUT2D eigenvalue weighted by molar-refractivity contribution is 0.126. The number of anilines is 1. The second kappa shape index (κ2) is 7.24. The summed E-state index contributed by atoms with van der Waals surface area (Å²) in [4.78, 5) is 14.2. The summed E-state index contributed by atoms with van der Waals surface area (Å²) in [6, 6.07) is 0.240. The van der Waals surface area contributed by atoms with Gasteiger partial charge in [0.15, 0.2) is 0 Å². The van der Waals surface area contributed by atoms with E-state index in [1.54, 1.807) is 6.20 Å². The molecule has 1 aliphatic carbocycles. The normalized spacial score (nSPS) is 22.5. The molecule has 1 aliphatic rings. The van der Waals surface area contributed by atoms with Gasteiger partial charge in [0.05, 0.1) is 24.5 Å². The molecule has 1 aromatic rings. The van der Waals surface area contributed by atoms with Crippen molar-refractivity contribution in [2.45, 2.75) is 44.4 Å². The quantitative estimate of drug-likeness (QED) is 0.854. The molecular weight excluding hydrogens is 292 g/mol. The number of rotatable bonds is 5. The molecule has 2 rings (SSSR count). The lowest BCUT2D eigenvalue weighted by atomic mass is 9.93. The lowest BCUT2D eigenvalue weighted by Crippen LogP contribution is -2.32. The van der Waals surface area contributed by atoms with Crippen LogP contribution in [0.15, 0.2) is 11.0 Å². The number of aromatic nitrogens is 2. The van der Waals surface area contributed by atoms with Crippen LogP contribution in [0.2, 0.25) is 5.02 Å². The molecule has 2 N–H and O–H groups in total. The van der Waals surface area contributed by atoms with Crippen LogP contribution in [0.3, 0.4) is 0 Å². The molecule has 0 aromatic carbocycles. The van der Waals surface area contributed by atoms with E-state index < -0.39 is 0 Å². The molecule has 1 fully saturated rings. The fraction of sp³-hybridized carbons (Fsp3) is 0.714. The van der Waals surface area contributed by atoms with Crippen molar-refractivity contribution in [1.82, 2.24) is 14.7 Å². The predicted octanol–water partition coefficient (Wildman–Crippen LogP) is 1.17. The Morgan fingerprint density at radius 2 is 2.10 bits per heavy atom. The van der Waals surface area contributed by atoms with E-state index in [1.807, 2.05) is 19.0 Å². The van der Waals surface area contributed by atoms with Crippen LogP contribution in [-0.4, -0.2) is 52.6 Å². The highest BCUT2D eigenvalue weighted by Gasteiger charge is 2.20. The average molecular weight is 315 g/mol. The van der Waals surface area contributed by atoms with Crippen molar-refractivity contribution in [3.8, 4) is 0 Å². The second-order valence-electron chi connectivity index (χ2n) is 5.85. The van der Waals surface area contributed by atoms with Crippen LogP contribution in [0, 0.1) is 0 Å². The number of hydrogen-bond donors (Lipinski definition) is 2. The molecule has 0 bridgehead atoms. The number of aliphatic hydroxyl groups is 1. The molecule has 0 radical (unpaired) electrons. The van der Waals surface area contributed by atoms with Crippen LogP contribution in [0.1, 0.15) is 25.7 Å². The van der Waals surface area contributed by atoms with E-state index in [0.717, 1.165) is 32.2 Å². The van der Waals surface area contributed by atoms with Crippen molar-refractivity contribution in [2.24, 2.45) is 0 Å². The highest BCUT2D eigenvalue weighted by Crippen LogP contribution is 2.24. The van der Waals surface area contributed by atoms with Gasteiger partial charge >= 0.3 is 0 Å². The molecule has 0 saturated heterocycles. The van der Waals surface area contributed by atoms with Gasteiger partial charge in [-0.2, -0.15) is 5.10 Å². The second-order valence-corrected chi connectivity index (χ2v) is 6.23. The Balaban J connectivity index is 2.04. The SMILES string of the molecule is CN(C)CCn1ncc(NC2CCC(O)CC2)c(Cl)c1=O. The first-order chi connectivity index (χ1) is 9.97. The van der Waals surface area contributed by atoms with E-state index in [0.29, 0.717) is 12.2 Å². The summed E-state index contributed by atoms with van der Waals surface area (Å²) in [6.07, 6.45) is 4.73. The molecule has 1 aromatic heterocycles. The van der Waals surface area contributed by atoms with Crippen LogP contribution in [0.25, 0.3) is 0 Å². The van der Waals surface area contributed by atoms with Gasteiger partial charge in [0, 0.05) is 12.6 Å². The van der Waals surface area contributed by atoms with Crippen LogP contribution >= 0.6 is 11.6 Å². The molecule has 118 valence electrons. The fourth-order valence-electron chi connectivity index (χ4n) is 2.46. The minimum atomic E-state index is -0.264. The summed E-state index contributed by atoms with van der Waals surface area (Å²) in [6.45, 7) is 1.25. The smallest absolute Gasteiger partial charge is 0.287 e. The Morgan fingerprint density at radius 3 is 2.71 bits per heavy atom.